The van der Waals surface area contributed by atoms with Gasteiger partial charge in [-0.15, -0.1) is 11.3 Å². The fraction of sp³-hybridized carbons (Fsp3) is 0. The lowest BCUT2D eigenvalue weighted by Crippen LogP contribution is -1.84. The SMILES string of the molecule is Nc1sccc1-c1nc(-c2cccc(F)c2)no1. The molecule has 0 aliphatic heterocycles. The minimum Gasteiger partial charge on any atom is -0.390 e. The number of anilines is 1. The van der Waals surface area contributed by atoms with Crippen molar-refractivity contribution in [3.05, 3.63) is 41.5 Å². The van der Waals surface area contributed by atoms with Crippen LogP contribution in [0.1, 0.15) is 0 Å². The summed E-state index contributed by atoms with van der Waals surface area (Å²) >= 11 is 1.40. The van der Waals surface area contributed by atoms with Crippen molar-refractivity contribution in [2.45, 2.75) is 0 Å². The van der Waals surface area contributed by atoms with Crippen LogP contribution in [-0.4, -0.2) is 10.1 Å². The number of benzene rings is 1. The Morgan fingerprint density at radius 2 is 2.17 bits per heavy atom. The van der Waals surface area contributed by atoms with Crippen LogP contribution in [0.25, 0.3) is 22.8 Å². The van der Waals surface area contributed by atoms with E-state index in [0.29, 0.717) is 27.8 Å². The van der Waals surface area contributed by atoms with Crippen molar-refractivity contribution in [2.24, 2.45) is 0 Å². The Morgan fingerprint density at radius 1 is 1.28 bits per heavy atom. The molecule has 0 bridgehead atoms. The Morgan fingerprint density at radius 3 is 2.89 bits per heavy atom. The highest BCUT2D eigenvalue weighted by atomic mass is 32.1. The predicted octanol–water partition coefficient (Wildman–Crippen LogP) is 3.19. The predicted molar refractivity (Wildman–Crippen MR) is 67.4 cm³/mol. The highest BCUT2D eigenvalue weighted by Gasteiger charge is 2.13. The maximum Gasteiger partial charge on any atom is 0.261 e. The van der Waals surface area contributed by atoms with E-state index in [0.717, 1.165) is 0 Å². The third kappa shape index (κ3) is 1.86. The monoisotopic (exact) mass is 261 g/mol. The van der Waals surface area contributed by atoms with E-state index in [1.165, 1.54) is 23.5 Å². The van der Waals surface area contributed by atoms with E-state index in [1.54, 1.807) is 12.1 Å². The molecule has 90 valence electrons. The first kappa shape index (κ1) is 10.9. The van der Waals surface area contributed by atoms with Gasteiger partial charge in [0.15, 0.2) is 0 Å². The second kappa shape index (κ2) is 4.23. The van der Waals surface area contributed by atoms with Crippen LogP contribution in [0.5, 0.6) is 0 Å². The fourth-order valence-corrected chi connectivity index (χ4v) is 2.21. The summed E-state index contributed by atoms with van der Waals surface area (Å²) in [5.74, 6) is 0.344. The van der Waals surface area contributed by atoms with Crippen LogP contribution in [0.4, 0.5) is 9.39 Å². The zero-order valence-corrected chi connectivity index (χ0v) is 9.95. The molecule has 0 spiro atoms. The molecule has 0 aliphatic carbocycles. The molecule has 0 atom stereocenters. The van der Waals surface area contributed by atoms with Crippen LogP contribution in [0.2, 0.25) is 0 Å². The van der Waals surface area contributed by atoms with Gasteiger partial charge >= 0.3 is 0 Å². The summed E-state index contributed by atoms with van der Waals surface area (Å²) in [5.41, 5.74) is 7.05. The summed E-state index contributed by atoms with van der Waals surface area (Å²) in [4.78, 5) is 4.21. The van der Waals surface area contributed by atoms with Gasteiger partial charge in [-0.05, 0) is 23.6 Å². The Balaban J connectivity index is 2.02. The van der Waals surface area contributed by atoms with E-state index >= 15 is 0 Å². The minimum atomic E-state index is -0.339. The van der Waals surface area contributed by atoms with Gasteiger partial charge in [0, 0.05) is 5.56 Å². The molecule has 2 aromatic heterocycles. The lowest BCUT2D eigenvalue weighted by Gasteiger charge is -1.93. The molecule has 0 saturated carbocycles. The highest BCUT2D eigenvalue weighted by molar-refractivity contribution is 7.14. The van der Waals surface area contributed by atoms with E-state index < -0.39 is 0 Å². The topological polar surface area (TPSA) is 64.9 Å². The Bertz CT molecular complexity index is 692. The summed E-state index contributed by atoms with van der Waals surface area (Å²) in [6, 6.07) is 7.84. The van der Waals surface area contributed by atoms with Crippen LogP contribution < -0.4 is 5.73 Å². The number of halogens is 1. The number of nitrogen functional groups attached to an aromatic ring is 1. The zero-order valence-electron chi connectivity index (χ0n) is 9.13. The minimum absolute atomic E-state index is 0.339. The van der Waals surface area contributed by atoms with Gasteiger partial charge in [0.25, 0.3) is 5.89 Å². The van der Waals surface area contributed by atoms with E-state index in [4.69, 9.17) is 10.3 Å². The van der Waals surface area contributed by atoms with Crippen molar-refractivity contribution in [1.29, 1.82) is 0 Å². The van der Waals surface area contributed by atoms with Gasteiger partial charge in [-0.25, -0.2) is 4.39 Å². The molecule has 4 nitrogen and oxygen atoms in total. The van der Waals surface area contributed by atoms with Crippen LogP contribution in [0.3, 0.4) is 0 Å². The van der Waals surface area contributed by atoms with Gasteiger partial charge in [0.1, 0.15) is 5.82 Å². The maximum absolute atomic E-state index is 13.1. The van der Waals surface area contributed by atoms with Gasteiger partial charge in [-0.3, -0.25) is 0 Å². The van der Waals surface area contributed by atoms with Crippen LogP contribution in [0, 0.1) is 5.82 Å². The maximum atomic E-state index is 13.1. The molecule has 3 rings (SSSR count). The molecule has 0 saturated heterocycles. The molecule has 6 heteroatoms. The van der Waals surface area contributed by atoms with Crippen molar-refractivity contribution < 1.29 is 8.91 Å². The highest BCUT2D eigenvalue weighted by Crippen LogP contribution is 2.30. The number of aromatic nitrogens is 2. The Hall–Kier alpha value is -2.21. The quantitative estimate of drug-likeness (QED) is 0.769. The zero-order chi connectivity index (χ0) is 12.5. The summed E-state index contributed by atoms with van der Waals surface area (Å²) in [6.45, 7) is 0. The van der Waals surface area contributed by atoms with Crippen molar-refractivity contribution in [2.75, 3.05) is 5.73 Å². The van der Waals surface area contributed by atoms with E-state index in [-0.39, 0.29) is 5.82 Å². The normalized spacial score (nSPS) is 10.7. The second-order valence-electron chi connectivity index (χ2n) is 3.63. The number of hydrogen-bond acceptors (Lipinski definition) is 5. The van der Waals surface area contributed by atoms with Crippen molar-refractivity contribution in [1.82, 2.24) is 10.1 Å². The second-order valence-corrected chi connectivity index (χ2v) is 4.58. The molecular formula is C12H8FN3OS. The molecular weight excluding hydrogens is 253 g/mol. The molecule has 0 radical (unpaired) electrons. The third-order valence-corrected chi connectivity index (χ3v) is 3.18. The van der Waals surface area contributed by atoms with Crippen LogP contribution >= 0.6 is 11.3 Å². The fourth-order valence-electron chi connectivity index (χ4n) is 1.58. The van der Waals surface area contributed by atoms with Gasteiger partial charge in [0.2, 0.25) is 5.82 Å². The molecule has 1 aromatic carbocycles. The molecule has 3 aromatic rings. The van der Waals surface area contributed by atoms with Crippen molar-refractivity contribution in [3.63, 3.8) is 0 Å². The van der Waals surface area contributed by atoms with E-state index in [2.05, 4.69) is 10.1 Å². The summed E-state index contributed by atoms with van der Waals surface area (Å²) in [5, 5.41) is 6.28. The smallest absolute Gasteiger partial charge is 0.261 e. The largest absolute Gasteiger partial charge is 0.390 e. The average molecular weight is 261 g/mol. The molecule has 2 N–H and O–H groups in total. The standard InChI is InChI=1S/C12H8FN3OS/c13-8-3-1-2-7(6-8)11-15-12(17-16-11)9-4-5-18-10(9)14/h1-6H,14H2. The molecule has 0 aliphatic rings. The summed E-state index contributed by atoms with van der Waals surface area (Å²) < 4.78 is 18.2. The van der Waals surface area contributed by atoms with Gasteiger partial charge < -0.3 is 10.3 Å². The Labute approximate surface area is 106 Å². The lowest BCUT2D eigenvalue weighted by atomic mass is 10.2. The van der Waals surface area contributed by atoms with Gasteiger partial charge in [0.05, 0.1) is 10.6 Å². The first-order valence-electron chi connectivity index (χ1n) is 5.17. The van der Waals surface area contributed by atoms with Crippen LogP contribution in [-0.2, 0) is 0 Å². The van der Waals surface area contributed by atoms with Gasteiger partial charge in [-0.2, -0.15) is 4.98 Å². The Kier molecular flexibility index (Phi) is 2.56. The van der Waals surface area contributed by atoms with Crippen molar-refractivity contribution in [3.8, 4) is 22.8 Å². The van der Waals surface area contributed by atoms with Gasteiger partial charge in [-0.1, -0.05) is 17.3 Å². The van der Waals surface area contributed by atoms with E-state index in [1.807, 2.05) is 11.4 Å². The number of thiophene rings is 1. The summed E-state index contributed by atoms with van der Waals surface area (Å²) in [7, 11) is 0. The summed E-state index contributed by atoms with van der Waals surface area (Å²) in [6.07, 6.45) is 0. The third-order valence-electron chi connectivity index (χ3n) is 2.43. The molecule has 0 unspecified atom stereocenters. The molecule has 18 heavy (non-hydrogen) atoms. The average Bonchev–Trinajstić information content (AvgIpc) is 2.97. The molecule has 0 amide bonds. The first-order valence-corrected chi connectivity index (χ1v) is 6.05. The number of nitrogens with zero attached hydrogens (tertiary/aromatic N) is 2. The number of hydrogen-bond donors (Lipinski definition) is 1. The van der Waals surface area contributed by atoms with Crippen molar-refractivity contribution >= 4 is 16.3 Å². The number of rotatable bonds is 2. The van der Waals surface area contributed by atoms with E-state index in [9.17, 15) is 4.39 Å². The molecule has 2 heterocycles. The molecule has 0 fully saturated rings. The van der Waals surface area contributed by atoms with Crippen LogP contribution in [0.15, 0.2) is 40.2 Å². The number of nitrogens with two attached hydrogens (primary N) is 1. The first-order chi connectivity index (χ1) is 8.74. The lowest BCUT2D eigenvalue weighted by molar-refractivity contribution is 0.432.